The first-order chi connectivity index (χ1) is 4.88. The van der Waals surface area contributed by atoms with E-state index in [2.05, 4.69) is 20.2 Å². The molecule has 0 aromatic heterocycles. The summed E-state index contributed by atoms with van der Waals surface area (Å²) in [5.74, 6) is 0.569. The molecule has 0 aromatic carbocycles. The van der Waals surface area contributed by atoms with E-state index >= 15 is 0 Å². The Morgan fingerprint density at radius 2 is 2.30 bits per heavy atom. The quantitative estimate of drug-likeness (QED) is 0.477. The summed E-state index contributed by atoms with van der Waals surface area (Å²) in [6.07, 6.45) is 2.96. The van der Waals surface area contributed by atoms with Gasteiger partial charge >= 0.3 is 0 Å². The molecule has 10 heavy (non-hydrogen) atoms. The molecule has 0 amide bonds. The maximum Gasteiger partial charge on any atom is 0.187 e. The van der Waals surface area contributed by atoms with Crippen LogP contribution in [0.4, 0.5) is 0 Å². The second kappa shape index (κ2) is 1.88. The van der Waals surface area contributed by atoms with Crippen LogP contribution in [0.5, 0.6) is 0 Å². The summed E-state index contributed by atoms with van der Waals surface area (Å²) in [4.78, 5) is 8.16. The Hall–Kier alpha value is -1.23. The van der Waals surface area contributed by atoms with Gasteiger partial charge in [-0.15, -0.1) is 5.11 Å². The molecule has 0 spiro atoms. The first kappa shape index (κ1) is 5.55. The largest absolute Gasteiger partial charge is 0.224 e. The third-order valence-electron chi connectivity index (χ3n) is 1.17. The van der Waals surface area contributed by atoms with Gasteiger partial charge in [0.1, 0.15) is 11.3 Å². The van der Waals surface area contributed by atoms with E-state index in [0.717, 1.165) is 5.57 Å². The molecule has 0 aliphatic carbocycles. The molecule has 0 saturated heterocycles. The highest BCUT2D eigenvalue weighted by Gasteiger charge is 2.17. The van der Waals surface area contributed by atoms with Gasteiger partial charge < -0.3 is 0 Å². The molecule has 5 heteroatoms. The third kappa shape index (κ3) is 0.640. The Kier molecular flexibility index (Phi) is 1.04. The zero-order valence-electron chi connectivity index (χ0n) is 4.85. The van der Waals surface area contributed by atoms with E-state index in [9.17, 15) is 0 Å². The van der Waals surface area contributed by atoms with Crippen LogP contribution in [0.15, 0.2) is 32.0 Å². The summed E-state index contributed by atoms with van der Waals surface area (Å²) < 4.78 is 0. The topological polar surface area (TPSA) is 49.4 Å². The number of hydrogen-bond donors (Lipinski definition) is 0. The van der Waals surface area contributed by atoms with Crippen LogP contribution in [0.3, 0.4) is 0 Å². The zero-order valence-corrected chi connectivity index (χ0v) is 5.67. The maximum absolute atomic E-state index is 4.88. The lowest BCUT2D eigenvalue weighted by Gasteiger charge is -2.00. The number of hydrogen-bond acceptors (Lipinski definition) is 4. The molecule has 0 radical (unpaired) electrons. The molecule has 0 atom stereocenters. The van der Waals surface area contributed by atoms with Crippen LogP contribution >= 0.6 is 12.2 Å². The number of rotatable bonds is 0. The van der Waals surface area contributed by atoms with Crippen molar-refractivity contribution < 1.29 is 0 Å². The van der Waals surface area contributed by atoms with Gasteiger partial charge in [0.25, 0.3) is 0 Å². The number of thiocarbonyl (C=S) groups is 1. The number of nitrogens with zero attached hydrogens (tertiary/aromatic N) is 4. The zero-order chi connectivity index (χ0) is 6.97. The molecule has 0 fully saturated rings. The standard InChI is InChI=1S/C5H2N4S/c10-5-3-1-8-9-4(3)6-2-7-5/h1-2H. The Labute approximate surface area is 62.1 Å². The summed E-state index contributed by atoms with van der Waals surface area (Å²) in [7, 11) is 0. The summed E-state index contributed by atoms with van der Waals surface area (Å²) in [6.45, 7) is 0. The highest BCUT2D eigenvalue weighted by molar-refractivity contribution is 7.81. The average Bonchev–Trinajstić information content (AvgIpc) is 2.36. The van der Waals surface area contributed by atoms with Crippen molar-refractivity contribution in [1.29, 1.82) is 0 Å². The lowest BCUT2D eigenvalue weighted by molar-refractivity contribution is 1.33. The molecule has 0 bridgehead atoms. The lowest BCUT2D eigenvalue weighted by atomic mass is 10.2. The van der Waals surface area contributed by atoms with Crippen molar-refractivity contribution >= 4 is 29.4 Å². The molecular weight excluding hydrogens is 148 g/mol. The van der Waals surface area contributed by atoms with E-state index in [1.807, 2.05) is 0 Å². The fourth-order valence-electron chi connectivity index (χ4n) is 0.705. The van der Waals surface area contributed by atoms with Crippen LogP contribution in [-0.4, -0.2) is 17.2 Å². The van der Waals surface area contributed by atoms with Gasteiger partial charge in [-0.2, -0.15) is 5.11 Å². The molecular formula is C5H2N4S. The van der Waals surface area contributed by atoms with E-state index in [1.165, 1.54) is 6.34 Å². The first-order valence-electron chi connectivity index (χ1n) is 2.64. The fourth-order valence-corrected chi connectivity index (χ4v) is 0.896. The van der Waals surface area contributed by atoms with Crippen LogP contribution in [0.2, 0.25) is 0 Å². The van der Waals surface area contributed by atoms with Crippen molar-refractivity contribution in [2.45, 2.75) is 0 Å². The van der Waals surface area contributed by atoms with Gasteiger partial charge in [-0.3, -0.25) is 0 Å². The Morgan fingerprint density at radius 3 is 3.10 bits per heavy atom. The summed E-state index contributed by atoms with van der Waals surface area (Å²) in [5, 5.41) is 7.35. The Balaban J connectivity index is 2.54. The first-order valence-corrected chi connectivity index (χ1v) is 3.05. The van der Waals surface area contributed by atoms with Crippen LogP contribution in [0.25, 0.3) is 0 Å². The van der Waals surface area contributed by atoms with Crippen LogP contribution < -0.4 is 0 Å². The highest BCUT2D eigenvalue weighted by Crippen LogP contribution is 2.14. The molecule has 0 aromatic rings. The molecule has 0 N–H and O–H groups in total. The highest BCUT2D eigenvalue weighted by atomic mass is 32.1. The van der Waals surface area contributed by atoms with E-state index in [-0.39, 0.29) is 0 Å². The number of fused-ring (bicyclic) bond motifs is 1. The van der Waals surface area contributed by atoms with Crippen LogP contribution in [-0.2, 0) is 0 Å². The minimum absolute atomic E-state index is 0.509. The lowest BCUT2D eigenvalue weighted by Crippen LogP contribution is -2.08. The van der Waals surface area contributed by atoms with Crippen molar-refractivity contribution in [2.75, 3.05) is 0 Å². The van der Waals surface area contributed by atoms with Crippen molar-refractivity contribution in [3.8, 4) is 0 Å². The Bertz CT molecular complexity index is 304. The van der Waals surface area contributed by atoms with Gasteiger partial charge in [-0.05, 0) is 0 Å². The molecule has 2 aliphatic rings. The van der Waals surface area contributed by atoms with Crippen LogP contribution in [0, 0.1) is 0 Å². The smallest absolute Gasteiger partial charge is 0.187 e. The van der Waals surface area contributed by atoms with E-state index in [1.54, 1.807) is 6.20 Å². The van der Waals surface area contributed by atoms with Gasteiger partial charge in [-0.25, -0.2) is 9.98 Å². The maximum atomic E-state index is 4.88. The second-order valence-corrected chi connectivity index (χ2v) is 2.15. The van der Waals surface area contributed by atoms with Gasteiger partial charge in [0.2, 0.25) is 0 Å². The predicted octanol–water partition coefficient (Wildman–Crippen LogP) is 1.10. The molecule has 0 unspecified atom stereocenters. The molecule has 4 nitrogen and oxygen atoms in total. The van der Waals surface area contributed by atoms with E-state index in [0.29, 0.717) is 10.8 Å². The van der Waals surface area contributed by atoms with Crippen molar-refractivity contribution in [3.63, 3.8) is 0 Å². The van der Waals surface area contributed by atoms with Crippen molar-refractivity contribution in [3.05, 3.63) is 11.8 Å². The van der Waals surface area contributed by atoms with Gasteiger partial charge in [0.05, 0.1) is 11.8 Å². The minimum atomic E-state index is 0.509. The molecule has 48 valence electrons. The molecule has 0 saturated carbocycles. The number of amidine groups is 1. The van der Waals surface area contributed by atoms with Crippen molar-refractivity contribution in [2.24, 2.45) is 20.2 Å². The molecule has 2 rings (SSSR count). The summed E-state index contributed by atoms with van der Waals surface area (Å²) >= 11 is 4.88. The Morgan fingerprint density at radius 1 is 1.40 bits per heavy atom. The SMILES string of the molecule is S=C1N=CN=C2N=NC=C12. The van der Waals surface area contributed by atoms with E-state index < -0.39 is 0 Å². The van der Waals surface area contributed by atoms with Crippen molar-refractivity contribution in [1.82, 2.24) is 0 Å². The van der Waals surface area contributed by atoms with Gasteiger partial charge in [0.15, 0.2) is 5.84 Å². The van der Waals surface area contributed by atoms with E-state index in [4.69, 9.17) is 12.2 Å². The predicted molar refractivity (Wildman–Crippen MR) is 41.5 cm³/mol. The van der Waals surface area contributed by atoms with Gasteiger partial charge in [0, 0.05) is 0 Å². The minimum Gasteiger partial charge on any atom is -0.224 e. The van der Waals surface area contributed by atoms with Gasteiger partial charge in [-0.1, -0.05) is 12.2 Å². The number of aliphatic imine (C=N–C) groups is 2. The average molecular weight is 150 g/mol. The normalized spacial score (nSPS) is 20.6. The molecule has 2 heterocycles. The fraction of sp³-hybridized carbons (Fsp3) is 0. The number of azo groups is 1. The summed E-state index contributed by atoms with van der Waals surface area (Å²) in [6, 6.07) is 0. The third-order valence-corrected chi connectivity index (χ3v) is 1.49. The monoisotopic (exact) mass is 150 g/mol. The second-order valence-electron chi connectivity index (χ2n) is 1.76. The summed E-state index contributed by atoms with van der Waals surface area (Å²) in [5.41, 5.74) is 0.748. The molecule has 2 aliphatic heterocycles. The van der Waals surface area contributed by atoms with Crippen LogP contribution in [0.1, 0.15) is 0 Å².